The van der Waals surface area contributed by atoms with E-state index in [-0.39, 0.29) is 0 Å². The predicted molar refractivity (Wildman–Crippen MR) is 79.3 cm³/mol. The zero-order chi connectivity index (χ0) is 14.3. The number of hydrogen-bond donors (Lipinski definition) is 2. The Hall–Kier alpha value is -1.26. The van der Waals surface area contributed by atoms with Gasteiger partial charge in [0.05, 0.1) is 0 Å². The molecule has 0 radical (unpaired) electrons. The third-order valence-corrected chi connectivity index (χ3v) is 2.86. The Morgan fingerprint density at radius 3 is 2.37 bits per heavy atom. The van der Waals surface area contributed by atoms with Crippen LogP contribution in [-0.2, 0) is 0 Å². The molecule has 1 unspecified atom stereocenters. The number of likely N-dealkylation sites (N-methyl/N-ethyl adjacent to an activating group) is 1. The summed E-state index contributed by atoms with van der Waals surface area (Å²) in [5.74, 6) is 1.34. The molecule has 1 aromatic carbocycles. The van der Waals surface area contributed by atoms with Crippen LogP contribution in [0.4, 0.5) is 5.69 Å². The van der Waals surface area contributed by atoms with E-state index in [4.69, 9.17) is 10.5 Å². The van der Waals surface area contributed by atoms with Gasteiger partial charge in [-0.1, -0.05) is 20.8 Å². The largest absolute Gasteiger partial charge is 0.491 e. The van der Waals surface area contributed by atoms with Crippen LogP contribution in [0.2, 0.25) is 0 Å². The van der Waals surface area contributed by atoms with Gasteiger partial charge in [0.1, 0.15) is 18.5 Å². The van der Waals surface area contributed by atoms with Crippen molar-refractivity contribution in [2.24, 2.45) is 5.92 Å². The normalized spacial score (nSPS) is 12.9. The van der Waals surface area contributed by atoms with Crippen LogP contribution in [0.3, 0.4) is 0 Å². The molecule has 0 heterocycles. The van der Waals surface area contributed by atoms with E-state index in [0.29, 0.717) is 24.8 Å². The molecule has 0 fully saturated rings. The first-order valence-electron chi connectivity index (χ1n) is 6.90. The van der Waals surface area contributed by atoms with E-state index < -0.39 is 6.10 Å². The number of nitrogen functional groups attached to an aromatic ring is 1. The van der Waals surface area contributed by atoms with E-state index in [1.165, 1.54) is 0 Å². The fourth-order valence-electron chi connectivity index (χ4n) is 1.96. The van der Waals surface area contributed by atoms with Crippen molar-refractivity contribution in [1.29, 1.82) is 0 Å². The minimum atomic E-state index is -0.476. The molecule has 1 rings (SSSR count). The Bertz CT molecular complexity index is 352. The van der Waals surface area contributed by atoms with Gasteiger partial charge in [0.2, 0.25) is 0 Å². The number of nitrogens with two attached hydrogens (primary N) is 1. The van der Waals surface area contributed by atoms with Crippen LogP contribution >= 0.6 is 0 Å². The van der Waals surface area contributed by atoms with Gasteiger partial charge in [-0.15, -0.1) is 0 Å². The molecule has 4 heteroatoms. The molecule has 0 amide bonds. The van der Waals surface area contributed by atoms with Crippen molar-refractivity contribution < 1.29 is 9.84 Å². The Kier molecular flexibility index (Phi) is 6.67. The molecular weight excluding hydrogens is 240 g/mol. The van der Waals surface area contributed by atoms with E-state index in [1.807, 2.05) is 12.1 Å². The van der Waals surface area contributed by atoms with Crippen LogP contribution in [0.25, 0.3) is 0 Å². The van der Waals surface area contributed by atoms with Crippen molar-refractivity contribution in [2.45, 2.75) is 26.9 Å². The molecule has 1 aromatic rings. The second kappa shape index (κ2) is 8.02. The van der Waals surface area contributed by atoms with E-state index in [0.717, 1.165) is 18.8 Å². The quantitative estimate of drug-likeness (QED) is 0.706. The fraction of sp³-hybridized carbons (Fsp3) is 0.600. The van der Waals surface area contributed by atoms with Gasteiger partial charge in [-0.3, -0.25) is 0 Å². The monoisotopic (exact) mass is 266 g/mol. The Labute approximate surface area is 116 Å². The zero-order valence-electron chi connectivity index (χ0n) is 12.2. The molecule has 0 aliphatic carbocycles. The summed E-state index contributed by atoms with van der Waals surface area (Å²) in [6.45, 7) is 9.35. The maximum absolute atomic E-state index is 9.99. The molecule has 0 saturated carbocycles. The van der Waals surface area contributed by atoms with Gasteiger partial charge < -0.3 is 20.5 Å². The summed E-state index contributed by atoms with van der Waals surface area (Å²) in [6.07, 6.45) is -0.476. The smallest absolute Gasteiger partial charge is 0.119 e. The summed E-state index contributed by atoms with van der Waals surface area (Å²) >= 11 is 0. The van der Waals surface area contributed by atoms with Crippen LogP contribution in [0.1, 0.15) is 20.8 Å². The lowest BCUT2D eigenvalue weighted by Crippen LogP contribution is -2.37. The Morgan fingerprint density at radius 1 is 1.21 bits per heavy atom. The van der Waals surface area contributed by atoms with Crippen LogP contribution in [-0.4, -0.2) is 42.4 Å². The van der Waals surface area contributed by atoms with Crippen LogP contribution in [0.5, 0.6) is 5.75 Å². The first-order chi connectivity index (χ1) is 9.01. The minimum Gasteiger partial charge on any atom is -0.491 e. The van der Waals surface area contributed by atoms with Crippen LogP contribution < -0.4 is 10.5 Å². The minimum absolute atomic E-state index is 0.304. The highest BCUT2D eigenvalue weighted by molar-refractivity contribution is 5.41. The maximum Gasteiger partial charge on any atom is 0.119 e. The summed E-state index contributed by atoms with van der Waals surface area (Å²) in [5.41, 5.74) is 6.31. The highest BCUT2D eigenvalue weighted by Gasteiger charge is 2.12. The first-order valence-corrected chi connectivity index (χ1v) is 6.90. The van der Waals surface area contributed by atoms with E-state index in [1.54, 1.807) is 12.1 Å². The molecule has 108 valence electrons. The lowest BCUT2D eigenvalue weighted by Gasteiger charge is -2.25. The summed E-state index contributed by atoms with van der Waals surface area (Å²) in [4.78, 5) is 2.24. The number of aliphatic hydroxyl groups is 1. The number of ether oxygens (including phenoxy) is 1. The predicted octanol–water partition coefficient (Wildman–Crippen LogP) is 1.99. The molecule has 0 aromatic heterocycles. The van der Waals surface area contributed by atoms with E-state index in [2.05, 4.69) is 25.7 Å². The highest BCUT2D eigenvalue weighted by Crippen LogP contribution is 2.13. The number of nitrogens with zero attached hydrogens (tertiary/aromatic N) is 1. The van der Waals surface area contributed by atoms with Crippen LogP contribution in [0.15, 0.2) is 24.3 Å². The average Bonchev–Trinajstić information content (AvgIpc) is 2.36. The van der Waals surface area contributed by atoms with Crippen molar-refractivity contribution in [2.75, 3.05) is 32.0 Å². The molecule has 3 N–H and O–H groups in total. The Morgan fingerprint density at radius 2 is 1.84 bits per heavy atom. The van der Waals surface area contributed by atoms with Crippen LogP contribution in [0, 0.1) is 5.92 Å². The third kappa shape index (κ3) is 6.45. The van der Waals surface area contributed by atoms with Gasteiger partial charge in [-0.2, -0.15) is 0 Å². The molecule has 1 atom stereocenters. The first kappa shape index (κ1) is 15.8. The summed E-state index contributed by atoms with van der Waals surface area (Å²) < 4.78 is 5.54. The number of benzene rings is 1. The zero-order valence-corrected chi connectivity index (χ0v) is 12.2. The molecule has 0 spiro atoms. The summed E-state index contributed by atoms with van der Waals surface area (Å²) in [6, 6.07) is 7.21. The SMILES string of the molecule is CCN(CC(C)C)CC(O)COc1ccc(N)cc1. The fourth-order valence-corrected chi connectivity index (χ4v) is 1.96. The lowest BCUT2D eigenvalue weighted by atomic mass is 10.2. The maximum atomic E-state index is 9.99. The van der Waals surface area contributed by atoms with Crippen molar-refractivity contribution in [3.8, 4) is 5.75 Å². The van der Waals surface area contributed by atoms with Gasteiger partial charge in [0.15, 0.2) is 0 Å². The number of rotatable bonds is 8. The molecule has 4 nitrogen and oxygen atoms in total. The van der Waals surface area contributed by atoms with Crippen molar-refractivity contribution in [3.05, 3.63) is 24.3 Å². The van der Waals surface area contributed by atoms with Crippen molar-refractivity contribution >= 4 is 5.69 Å². The molecule has 0 aliphatic rings. The van der Waals surface area contributed by atoms with Gasteiger partial charge in [-0.25, -0.2) is 0 Å². The highest BCUT2D eigenvalue weighted by atomic mass is 16.5. The van der Waals surface area contributed by atoms with E-state index in [9.17, 15) is 5.11 Å². The van der Waals surface area contributed by atoms with Crippen molar-refractivity contribution in [1.82, 2.24) is 4.90 Å². The molecule has 19 heavy (non-hydrogen) atoms. The third-order valence-electron chi connectivity index (χ3n) is 2.86. The molecule has 0 aliphatic heterocycles. The van der Waals surface area contributed by atoms with Gasteiger partial charge >= 0.3 is 0 Å². The lowest BCUT2D eigenvalue weighted by molar-refractivity contribution is 0.0662. The van der Waals surface area contributed by atoms with Gasteiger partial charge in [0.25, 0.3) is 0 Å². The van der Waals surface area contributed by atoms with E-state index >= 15 is 0 Å². The molecular formula is C15H26N2O2. The molecule has 0 bridgehead atoms. The number of hydrogen-bond acceptors (Lipinski definition) is 4. The van der Waals surface area contributed by atoms with Gasteiger partial charge in [-0.05, 0) is 36.7 Å². The summed E-state index contributed by atoms with van der Waals surface area (Å²) in [7, 11) is 0. The second-order valence-corrected chi connectivity index (χ2v) is 5.28. The van der Waals surface area contributed by atoms with Gasteiger partial charge in [0, 0.05) is 18.8 Å². The molecule has 0 saturated heterocycles. The summed E-state index contributed by atoms with van der Waals surface area (Å²) in [5, 5.41) is 9.99. The standard InChI is InChI=1S/C15H26N2O2/c1-4-17(9-12(2)3)10-14(18)11-19-15-7-5-13(16)6-8-15/h5-8,12,14,18H,4,9-11,16H2,1-3H3. The Balaban J connectivity index is 2.33. The average molecular weight is 266 g/mol. The topological polar surface area (TPSA) is 58.7 Å². The number of anilines is 1. The number of aliphatic hydroxyl groups excluding tert-OH is 1. The van der Waals surface area contributed by atoms with Crippen molar-refractivity contribution in [3.63, 3.8) is 0 Å². The second-order valence-electron chi connectivity index (χ2n) is 5.28.